The molecular formula is C37H39N3O7S. The van der Waals surface area contributed by atoms with Crippen molar-refractivity contribution in [2.75, 3.05) is 16.8 Å². The summed E-state index contributed by atoms with van der Waals surface area (Å²) in [6, 6.07) is 29.2. The van der Waals surface area contributed by atoms with Gasteiger partial charge < -0.3 is 36.1 Å². The van der Waals surface area contributed by atoms with E-state index in [0.717, 1.165) is 27.1 Å². The Labute approximate surface area is 283 Å². The molecule has 1 heterocycles. The lowest BCUT2D eigenvalue weighted by Crippen LogP contribution is -2.31. The van der Waals surface area contributed by atoms with Crippen molar-refractivity contribution in [3.63, 3.8) is 0 Å². The number of amides is 2. The lowest BCUT2D eigenvalue weighted by Gasteiger charge is -2.36. The Morgan fingerprint density at radius 1 is 0.812 bits per heavy atom. The average Bonchev–Trinajstić information content (AvgIpc) is 3.11. The molecule has 3 atom stereocenters. The number of rotatable bonds is 14. The lowest BCUT2D eigenvalue weighted by molar-refractivity contribution is -0.245. The molecule has 6 N–H and O–H groups in total. The fraction of sp³-hybridized carbons (Fsp3) is 0.270. The van der Waals surface area contributed by atoms with E-state index in [1.54, 1.807) is 60.3 Å². The topological polar surface area (TPSA) is 160 Å². The van der Waals surface area contributed by atoms with Crippen molar-refractivity contribution >= 4 is 40.9 Å². The van der Waals surface area contributed by atoms with Crippen LogP contribution in [0, 0.1) is 0 Å². The Hall–Kier alpha value is -4.68. The molecule has 0 spiro atoms. The molecule has 0 bridgehead atoms. The van der Waals surface area contributed by atoms with Crippen molar-refractivity contribution in [2.24, 2.45) is 0 Å². The Kier molecular flexibility index (Phi) is 12.2. The molecule has 2 amide bonds. The first-order chi connectivity index (χ1) is 23.3. The number of carbonyl (C=O) groups excluding carboxylic acids is 2. The first kappa shape index (κ1) is 34.6. The zero-order valence-electron chi connectivity index (χ0n) is 26.3. The lowest BCUT2D eigenvalue weighted by atomic mass is 10.0. The minimum absolute atomic E-state index is 0.0356. The van der Waals surface area contributed by atoms with Crippen molar-refractivity contribution < 1.29 is 34.1 Å². The van der Waals surface area contributed by atoms with Crippen molar-refractivity contribution in [3.05, 3.63) is 125 Å². The highest BCUT2D eigenvalue weighted by Gasteiger charge is 2.32. The number of carboxylic acid groups (broad SMARTS) is 1. The third-order valence-electron chi connectivity index (χ3n) is 7.94. The van der Waals surface area contributed by atoms with E-state index in [0.29, 0.717) is 36.5 Å². The molecule has 0 aliphatic carbocycles. The number of carboxylic acids is 1. The molecule has 250 valence electrons. The summed E-state index contributed by atoms with van der Waals surface area (Å²) in [6.45, 7) is 0.310. The number of para-hydroxylation sites is 2. The van der Waals surface area contributed by atoms with Gasteiger partial charge >= 0.3 is 5.97 Å². The number of nitrogens with two attached hydrogens (primary N) is 1. The second kappa shape index (κ2) is 16.9. The number of anilines is 2. The summed E-state index contributed by atoms with van der Waals surface area (Å²) in [5.74, 6) is -0.650. The highest BCUT2D eigenvalue weighted by molar-refractivity contribution is 7.99. The van der Waals surface area contributed by atoms with Gasteiger partial charge in [-0.05, 0) is 59.5 Å². The van der Waals surface area contributed by atoms with Gasteiger partial charge in [0.25, 0.3) is 0 Å². The SMILES string of the molecule is Nc1ccccc1NC(=O)CCCC(=O)NCc1ccc([C@@H]2O[C@H](CSc3ccc(C(=O)O)cc3)C[C@H](c3ccc(CO)cc3)O2)cc1. The Balaban J connectivity index is 1.14. The van der Waals surface area contributed by atoms with E-state index in [1.807, 2.05) is 48.5 Å². The van der Waals surface area contributed by atoms with Crippen molar-refractivity contribution in [1.82, 2.24) is 5.32 Å². The van der Waals surface area contributed by atoms with Crippen LogP contribution in [0.5, 0.6) is 0 Å². The summed E-state index contributed by atoms with van der Waals surface area (Å²) in [5.41, 5.74) is 10.7. The number of nitrogens with one attached hydrogen (secondary N) is 2. The molecule has 0 aromatic heterocycles. The van der Waals surface area contributed by atoms with Crippen molar-refractivity contribution in [3.8, 4) is 0 Å². The maximum Gasteiger partial charge on any atom is 0.335 e. The fourth-order valence-corrected chi connectivity index (χ4v) is 6.14. The zero-order chi connectivity index (χ0) is 33.9. The summed E-state index contributed by atoms with van der Waals surface area (Å²) in [5, 5.41) is 24.3. The summed E-state index contributed by atoms with van der Waals surface area (Å²) in [6.07, 6.45) is 0.466. The van der Waals surface area contributed by atoms with Crippen LogP contribution < -0.4 is 16.4 Å². The summed E-state index contributed by atoms with van der Waals surface area (Å²) in [7, 11) is 0. The van der Waals surface area contributed by atoms with Gasteiger partial charge in [0, 0.05) is 42.0 Å². The maximum atomic E-state index is 12.4. The Morgan fingerprint density at radius 3 is 2.17 bits per heavy atom. The predicted molar refractivity (Wildman–Crippen MR) is 184 cm³/mol. The summed E-state index contributed by atoms with van der Waals surface area (Å²) < 4.78 is 12.8. The number of carbonyl (C=O) groups is 3. The van der Waals surface area contributed by atoms with Gasteiger partial charge in [-0.1, -0.05) is 60.7 Å². The number of hydrogen-bond donors (Lipinski definition) is 5. The maximum absolute atomic E-state index is 12.4. The molecule has 48 heavy (non-hydrogen) atoms. The van der Waals surface area contributed by atoms with E-state index in [-0.39, 0.29) is 49.0 Å². The Bertz CT molecular complexity index is 1680. The van der Waals surface area contributed by atoms with Gasteiger partial charge in [-0.2, -0.15) is 0 Å². The number of thioether (sulfide) groups is 1. The van der Waals surface area contributed by atoms with E-state index < -0.39 is 12.3 Å². The van der Waals surface area contributed by atoms with Crippen LogP contribution in [0.1, 0.15) is 70.7 Å². The van der Waals surface area contributed by atoms with Crippen LogP contribution in [0.3, 0.4) is 0 Å². The first-order valence-corrected chi connectivity index (χ1v) is 16.7. The van der Waals surface area contributed by atoms with Crippen LogP contribution in [0.25, 0.3) is 0 Å². The number of aliphatic hydroxyl groups excluding tert-OH is 1. The van der Waals surface area contributed by atoms with E-state index in [9.17, 15) is 24.6 Å². The highest BCUT2D eigenvalue weighted by atomic mass is 32.2. The highest BCUT2D eigenvalue weighted by Crippen LogP contribution is 2.39. The normalized spacial score (nSPS) is 17.4. The summed E-state index contributed by atoms with van der Waals surface area (Å²) in [4.78, 5) is 36.8. The summed E-state index contributed by atoms with van der Waals surface area (Å²) >= 11 is 1.59. The molecule has 4 aromatic rings. The average molecular weight is 670 g/mol. The minimum Gasteiger partial charge on any atom is -0.478 e. The van der Waals surface area contributed by atoms with Crippen molar-refractivity contribution in [1.29, 1.82) is 0 Å². The van der Waals surface area contributed by atoms with E-state index >= 15 is 0 Å². The molecule has 11 heteroatoms. The Morgan fingerprint density at radius 2 is 1.48 bits per heavy atom. The van der Waals surface area contributed by atoms with Crippen LogP contribution in [0.15, 0.2) is 102 Å². The van der Waals surface area contributed by atoms with Gasteiger partial charge in [0.05, 0.1) is 35.8 Å². The van der Waals surface area contributed by atoms with Crippen LogP contribution in [-0.4, -0.2) is 39.9 Å². The van der Waals surface area contributed by atoms with Crippen LogP contribution in [0.2, 0.25) is 0 Å². The quantitative estimate of drug-likeness (QED) is 0.0776. The number of aliphatic hydroxyl groups is 1. The van der Waals surface area contributed by atoms with Crippen LogP contribution in [-0.2, 0) is 32.2 Å². The predicted octanol–water partition coefficient (Wildman–Crippen LogP) is 6.22. The number of aromatic carboxylic acids is 1. The molecule has 10 nitrogen and oxygen atoms in total. The molecule has 0 unspecified atom stereocenters. The largest absolute Gasteiger partial charge is 0.478 e. The molecule has 1 fully saturated rings. The van der Waals surface area contributed by atoms with E-state index in [2.05, 4.69) is 10.6 Å². The minimum atomic E-state index is -0.960. The van der Waals surface area contributed by atoms with Crippen LogP contribution in [0.4, 0.5) is 11.4 Å². The van der Waals surface area contributed by atoms with Gasteiger partial charge in [0.15, 0.2) is 6.29 Å². The number of ether oxygens (including phenoxy) is 2. The van der Waals surface area contributed by atoms with Gasteiger partial charge in [-0.25, -0.2) is 4.79 Å². The van der Waals surface area contributed by atoms with Gasteiger partial charge in [0.2, 0.25) is 11.8 Å². The number of nitrogen functional groups attached to an aromatic ring is 1. The fourth-order valence-electron chi connectivity index (χ4n) is 5.22. The molecular weight excluding hydrogens is 630 g/mol. The van der Waals surface area contributed by atoms with Crippen molar-refractivity contribution in [2.45, 2.75) is 62.2 Å². The molecule has 1 saturated heterocycles. The van der Waals surface area contributed by atoms with E-state index in [4.69, 9.17) is 15.2 Å². The zero-order valence-corrected chi connectivity index (χ0v) is 27.2. The van der Waals surface area contributed by atoms with E-state index in [1.165, 1.54) is 0 Å². The molecule has 1 aliphatic heterocycles. The second-order valence-corrected chi connectivity index (χ2v) is 12.6. The molecule has 0 radical (unpaired) electrons. The standard InChI is InChI=1S/C37H39N3O7S/c38-31-4-1-2-5-32(31)40-35(43)7-3-6-34(42)39-21-24-8-14-28(15-9-24)37-46-29(23-48-30-18-16-27(17-19-30)36(44)45)20-33(47-37)26-12-10-25(22-41)11-13-26/h1-2,4-5,8-19,29,33,37,41H,3,6-7,20-23,38H2,(H,39,42)(H,40,43)(H,44,45)/t29-,33+,37+/m0/s1. The van der Waals surface area contributed by atoms with Gasteiger partial charge in [-0.3, -0.25) is 9.59 Å². The molecule has 5 rings (SSSR count). The second-order valence-electron chi connectivity index (χ2n) is 11.5. The molecule has 0 saturated carbocycles. The third-order valence-corrected chi connectivity index (χ3v) is 9.08. The van der Waals surface area contributed by atoms with Gasteiger partial charge in [-0.15, -0.1) is 11.8 Å². The third kappa shape index (κ3) is 9.91. The number of benzene rings is 4. The first-order valence-electron chi connectivity index (χ1n) is 15.7. The smallest absolute Gasteiger partial charge is 0.335 e. The van der Waals surface area contributed by atoms with Crippen LogP contribution >= 0.6 is 11.8 Å². The number of hydrogen-bond acceptors (Lipinski definition) is 8. The van der Waals surface area contributed by atoms with Gasteiger partial charge in [0.1, 0.15) is 0 Å². The monoisotopic (exact) mass is 669 g/mol. The molecule has 4 aromatic carbocycles. The molecule has 1 aliphatic rings.